The number of carbonyl (C=O) groups excluding carboxylic acids is 2. The van der Waals surface area contributed by atoms with Gasteiger partial charge in [-0.05, 0) is 40.5 Å². The fraction of sp³-hybridized carbons (Fsp3) is 0.857. The summed E-state index contributed by atoms with van der Waals surface area (Å²) in [6.07, 6.45) is 1.29. The van der Waals surface area contributed by atoms with E-state index >= 15 is 0 Å². The Balaban J connectivity index is 2.84. The molecule has 2 amide bonds. The van der Waals surface area contributed by atoms with Gasteiger partial charge in [-0.1, -0.05) is 6.92 Å². The van der Waals surface area contributed by atoms with Crippen molar-refractivity contribution < 1.29 is 14.3 Å². The second-order valence-electron chi connectivity index (χ2n) is 6.06. The average Bonchev–Trinajstić information content (AvgIpc) is 2.36. The molecule has 0 spiro atoms. The summed E-state index contributed by atoms with van der Waals surface area (Å²) in [4.78, 5) is 26.2. The van der Waals surface area contributed by atoms with Crippen molar-refractivity contribution in [2.75, 3.05) is 13.7 Å². The summed E-state index contributed by atoms with van der Waals surface area (Å²) in [6.45, 7) is 9.95. The lowest BCUT2D eigenvalue weighted by Gasteiger charge is -2.43. The van der Waals surface area contributed by atoms with E-state index in [9.17, 15) is 9.59 Å². The van der Waals surface area contributed by atoms with Gasteiger partial charge in [0.2, 0.25) is 11.8 Å². The highest BCUT2D eigenvalue weighted by Crippen LogP contribution is 2.23. The van der Waals surface area contributed by atoms with Gasteiger partial charge in [-0.2, -0.15) is 0 Å². The quantitative estimate of drug-likeness (QED) is 0.819. The Labute approximate surface area is 115 Å². The van der Waals surface area contributed by atoms with Gasteiger partial charge in [0, 0.05) is 13.7 Å². The van der Waals surface area contributed by atoms with Crippen molar-refractivity contribution in [3.63, 3.8) is 0 Å². The van der Waals surface area contributed by atoms with Crippen LogP contribution in [0.5, 0.6) is 0 Å². The highest BCUT2D eigenvalue weighted by Gasteiger charge is 2.45. The van der Waals surface area contributed by atoms with E-state index in [1.54, 1.807) is 25.9 Å². The summed E-state index contributed by atoms with van der Waals surface area (Å²) in [5, 5.41) is 2.82. The first-order valence-corrected chi connectivity index (χ1v) is 6.85. The smallest absolute Gasteiger partial charge is 0.248 e. The van der Waals surface area contributed by atoms with Gasteiger partial charge in [-0.3, -0.25) is 9.59 Å². The van der Waals surface area contributed by atoms with Crippen LogP contribution in [0.25, 0.3) is 0 Å². The molecule has 2 atom stereocenters. The van der Waals surface area contributed by atoms with Crippen molar-refractivity contribution in [1.82, 2.24) is 10.2 Å². The monoisotopic (exact) mass is 270 g/mol. The summed E-state index contributed by atoms with van der Waals surface area (Å²) in [7, 11) is 1.66. The lowest BCUT2D eigenvalue weighted by molar-refractivity contribution is -0.154. The van der Waals surface area contributed by atoms with Crippen LogP contribution in [-0.4, -0.2) is 47.6 Å². The van der Waals surface area contributed by atoms with Crippen LogP contribution in [0.4, 0.5) is 0 Å². The van der Waals surface area contributed by atoms with E-state index in [0.717, 1.165) is 0 Å². The number of nitrogens with zero attached hydrogens (tertiary/aromatic N) is 1. The van der Waals surface area contributed by atoms with Crippen molar-refractivity contribution in [3.8, 4) is 0 Å². The molecule has 0 aliphatic carbocycles. The molecule has 1 aliphatic heterocycles. The van der Waals surface area contributed by atoms with Crippen LogP contribution in [0, 0.1) is 0 Å². The van der Waals surface area contributed by atoms with Crippen LogP contribution in [0.15, 0.2) is 0 Å². The first-order valence-electron chi connectivity index (χ1n) is 6.85. The first kappa shape index (κ1) is 16.0. The SMILES string of the molecule is CCC1(C)NC(=O)C(C)N(CCC(C)(C)OC)C1=O. The molecule has 1 aliphatic rings. The summed E-state index contributed by atoms with van der Waals surface area (Å²) in [5.41, 5.74) is -1.07. The van der Waals surface area contributed by atoms with Crippen molar-refractivity contribution in [2.24, 2.45) is 0 Å². The molecular formula is C14H26N2O3. The fourth-order valence-electron chi connectivity index (χ4n) is 2.09. The maximum absolute atomic E-state index is 12.5. The Hall–Kier alpha value is -1.10. The Morgan fingerprint density at radius 3 is 2.47 bits per heavy atom. The molecule has 0 aromatic heterocycles. The van der Waals surface area contributed by atoms with Gasteiger partial charge in [0.05, 0.1) is 5.60 Å². The third-order valence-corrected chi connectivity index (χ3v) is 4.19. The molecule has 0 aromatic carbocycles. The summed E-state index contributed by atoms with van der Waals surface area (Å²) in [5.74, 6) is -0.0897. The minimum Gasteiger partial charge on any atom is -0.379 e. The van der Waals surface area contributed by atoms with Crippen LogP contribution >= 0.6 is 0 Å². The second kappa shape index (κ2) is 5.49. The molecule has 0 bridgehead atoms. The summed E-state index contributed by atoms with van der Waals surface area (Å²) >= 11 is 0. The standard InChI is InChI=1S/C14H26N2O3/c1-7-14(5)12(18)16(10(2)11(17)15-14)9-8-13(3,4)19-6/h10H,7-9H2,1-6H3,(H,15,17). The van der Waals surface area contributed by atoms with E-state index in [2.05, 4.69) is 5.32 Å². The molecule has 1 fully saturated rings. The van der Waals surface area contributed by atoms with Gasteiger partial charge >= 0.3 is 0 Å². The third-order valence-electron chi connectivity index (χ3n) is 4.19. The minimum absolute atomic E-state index is 0.00555. The van der Waals surface area contributed by atoms with Gasteiger partial charge in [0.25, 0.3) is 0 Å². The molecule has 1 heterocycles. The zero-order valence-corrected chi connectivity index (χ0v) is 12.9. The maximum Gasteiger partial charge on any atom is 0.248 e. The predicted octanol–water partition coefficient (Wildman–Crippen LogP) is 1.32. The van der Waals surface area contributed by atoms with Crippen LogP contribution in [0.1, 0.15) is 47.5 Å². The number of amides is 2. The van der Waals surface area contributed by atoms with E-state index in [4.69, 9.17) is 4.74 Å². The Morgan fingerprint density at radius 1 is 1.42 bits per heavy atom. The normalized spacial score (nSPS) is 28.5. The molecule has 0 aromatic rings. The van der Waals surface area contributed by atoms with Crippen molar-refractivity contribution in [1.29, 1.82) is 0 Å². The van der Waals surface area contributed by atoms with Crippen LogP contribution in [0.3, 0.4) is 0 Å². The van der Waals surface area contributed by atoms with E-state index < -0.39 is 11.6 Å². The number of methoxy groups -OCH3 is 1. The molecule has 19 heavy (non-hydrogen) atoms. The van der Waals surface area contributed by atoms with Crippen molar-refractivity contribution in [3.05, 3.63) is 0 Å². The van der Waals surface area contributed by atoms with Gasteiger partial charge in [0.1, 0.15) is 11.6 Å². The second-order valence-corrected chi connectivity index (χ2v) is 6.06. The number of piperazine rings is 1. The van der Waals surface area contributed by atoms with Crippen LogP contribution < -0.4 is 5.32 Å². The number of carbonyl (C=O) groups is 2. The number of hydrogen-bond acceptors (Lipinski definition) is 3. The molecule has 5 nitrogen and oxygen atoms in total. The van der Waals surface area contributed by atoms with E-state index in [1.165, 1.54) is 0 Å². The topological polar surface area (TPSA) is 58.6 Å². The minimum atomic E-state index is -0.777. The predicted molar refractivity (Wildman–Crippen MR) is 73.7 cm³/mol. The Bertz CT molecular complexity index is 368. The number of nitrogens with one attached hydrogen (secondary N) is 1. The van der Waals surface area contributed by atoms with Crippen LogP contribution in [0.2, 0.25) is 0 Å². The van der Waals surface area contributed by atoms with Crippen molar-refractivity contribution in [2.45, 2.75) is 64.6 Å². The maximum atomic E-state index is 12.5. The summed E-state index contributed by atoms with van der Waals surface area (Å²) in [6, 6.07) is -0.417. The molecular weight excluding hydrogens is 244 g/mol. The lowest BCUT2D eigenvalue weighted by Crippen LogP contribution is -2.68. The van der Waals surface area contributed by atoms with Crippen LogP contribution in [-0.2, 0) is 14.3 Å². The molecule has 1 saturated heterocycles. The molecule has 5 heteroatoms. The highest BCUT2D eigenvalue weighted by molar-refractivity contribution is 5.99. The number of hydrogen-bond donors (Lipinski definition) is 1. The average molecular weight is 270 g/mol. The van der Waals surface area contributed by atoms with E-state index in [1.807, 2.05) is 20.8 Å². The third kappa shape index (κ3) is 3.26. The van der Waals surface area contributed by atoms with Crippen molar-refractivity contribution >= 4 is 11.8 Å². The molecule has 0 saturated carbocycles. The highest BCUT2D eigenvalue weighted by atomic mass is 16.5. The van der Waals surface area contributed by atoms with Gasteiger partial charge in [-0.15, -0.1) is 0 Å². The van der Waals surface area contributed by atoms with Gasteiger partial charge in [-0.25, -0.2) is 0 Å². The number of ether oxygens (including phenoxy) is 1. The molecule has 110 valence electrons. The van der Waals surface area contributed by atoms with Gasteiger partial charge in [0.15, 0.2) is 0 Å². The zero-order chi connectivity index (χ0) is 14.8. The Kier molecular flexibility index (Phi) is 4.61. The molecule has 1 N–H and O–H groups in total. The van der Waals surface area contributed by atoms with Gasteiger partial charge < -0.3 is 15.0 Å². The largest absolute Gasteiger partial charge is 0.379 e. The molecule has 2 unspecified atom stereocenters. The van der Waals surface area contributed by atoms with E-state index in [0.29, 0.717) is 19.4 Å². The fourth-order valence-corrected chi connectivity index (χ4v) is 2.09. The Morgan fingerprint density at radius 2 is 2.00 bits per heavy atom. The lowest BCUT2D eigenvalue weighted by atomic mass is 9.91. The molecule has 1 rings (SSSR count). The number of rotatable bonds is 5. The molecule has 0 radical (unpaired) electrons. The zero-order valence-electron chi connectivity index (χ0n) is 12.9. The van der Waals surface area contributed by atoms with E-state index in [-0.39, 0.29) is 17.4 Å². The summed E-state index contributed by atoms with van der Waals surface area (Å²) < 4.78 is 5.37. The first-order chi connectivity index (χ1) is 8.67.